The molecule has 0 radical (unpaired) electrons. The molecule has 3 aromatic carbocycles. The number of ketones is 1. The summed E-state index contributed by atoms with van der Waals surface area (Å²) in [6.07, 6.45) is 2.06. The highest BCUT2D eigenvalue weighted by Crippen LogP contribution is 2.46. The van der Waals surface area contributed by atoms with E-state index in [1.54, 1.807) is 24.3 Å². The summed E-state index contributed by atoms with van der Waals surface area (Å²) in [5.41, 5.74) is 11.2. The normalized spacial score (nSPS) is 20.8. The molecule has 0 saturated carbocycles. The van der Waals surface area contributed by atoms with E-state index >= 15 is 0 Å². The molecule has 2 aliphatic rings. The molecule has 3 aromatic rings. The van der Waals surface area contributed by atoms with Crippen molar-refractivity contribution in [2.45, 2.75) is 55.2 Å². The van der Waals surface area contributed by atoms with Crippen LogP contribution in [0.25, 0.3) is 0 Å². The fraction of sp³-hybridized carbons (Fsp3) is 0.308. The lowest BCUT2D eigenvalue weighted by Crippen LogP contribution is -2.57. The number of aliphatic hydroxyl groups is 2. The highest BCUT2D eigenvalue weighted by Gasteiger charge is 2.49. The van der Waals surface area contributed by atoms with Crippen molar-refractivity contribution in [2.24, 2.45) is 16.9 Å². The number of carbonyl (C=O) groups is 5. The number of allylic oxidation sites excluding steroid dienone is 3. The molecule has 13 nitrogen and oxygen atoms in total. The summed E-state index contributed by atoms with van der Waals surface area (Å²) < 4.78 is 32.8. The number of carbonyl (C=O) groups excluding carboxylic acids is 4. The number of ether oxygens (including phenoxy) is 1. The van der Waals surface area contributed by atoms with Gasteiger partial charge in [-0.3, -0.25) is 24.0 Å². The maximum atomic E-state index is 13.9. The van der Waals surface area contributed by atoms with Crippen molar-refractivity contribution in [3.8, 4) is 5.75 Å². The average molecular weight is 779 g/mol. The minimum Gasteiger partial charge on any atom is -0.508 e. The fourth-order valence-electron chi connectivity index (χ4n) is 6.44. The number of carboxylic acid groups (broad SMARTS) is 1. The van der Waals surface area contributed by atoms with Gasteiger partial charge in [0.25, 0.3) is 5.91 Å². The molecule has 55 heavy (non-hydrogen) atoms. The minimum atomic E-state index is -1.50. The van der Waals surface area contributed by atoms with Crippen molar-refractivity contribution in [3.05, 3.63) is 120 Å². The zero-order valence-electron chi connectivity index (χ0n) is 29.3. The summed E-state index contributed by atoms with van der Waals surface area (Å²) in [6.45, 7) is -0.554. The van der Waals surface area contributed by atoms with Crippen molar-refractivity contribution in [2.75, 3.05) is 17.3 Å². The van der Waals surface area contributed by atoms with Crippen molar-refractivity contribution in [3.63, 3.8) is 0 Å². The van der Waals surface area contributed by atoms with Crippen LogP contribution >= 0.6 is 11.8 Å². The van der Waals surface area contributed by atoms with Crippen LogP contribution in [0, 0.1) is 17.0 Å². The predicted molar refractivity (Wildman–Crippen MR) is 199 cm³/mol. The number of thioether (sulfide) groups is 1. The van der Waals surface area contributed by atoms with E-state index in [4.69, 9.17) is 16.2 Å². The molecule has 1 aliphatic heterocycles. The summed E-state index contributed by atoms with van der Waals surface area (Å²) in [6, 6.07) is 14.2. The molecule has 1 saturated heterocycles. The van der Waals surface area contributed by atoms with Gasteiger partial charge in [-0.1, -0.05) is 30.3 Å². The number of hydrogen-bond acceptors (Lipinski definition) is 10. The van der Waals surface area contributed by atoms with E-state index in [0.29, 0.717) is 16.8 Å². The number of nitrogens with one attached hydrogen (secondary N) is 1. The number of rotatable bonds is 18. The molecule has 0 aromatic heterocycles. The molecular weight excluding hydrogens is 739 g/mol. The smallest absolute Gasteiger partial charge is 0.320 e. The van der Waals surface area contributed by atoms with E-state index < -0.39 is 76.7 Å². The van der Waals surface area contributed by atoms with Gasteiger partial charge in [0.2, 0.25) is 11.8 Å². The maximum absolute atomic E-state index is 13.9. The largest absolute Gasteiger partial charge is 0.508 e. The van der Waals surface area contributed by atoms with E-state index in [2.05, 4.69) is 5.32 Å². The van der Waals surface area contributed by atoms with Crippen LogP contribution in [0.3, 0.4) is 0 Å². The second kappa shape index (κ2) is 17.7. The molecule has 0 spiro atoms. The Balaban J connectivity index is 1.27. The first-order valence-electron chi connectivity index (χ1n) is 17.2. The fourth-order valence-corrected chi connectivity index (χ4v) is 7.74. The Bertz CT molecular complexity index is 1960. The lowest BCUT2D eigenvalue weighted by Gasteiger charge is -2.47. The summed E-state index contributed by atoms with van der Waals surface area (Å²) >= 11 is 1.22. The van der Waals surface area contributed by atoms with Crippen LogP contribution in [0.15, 0.2) is 96.8 Å². The number of aliphatic carboxylic acids is 1. The zero-order chi connectivity index (χ0) is 39.9. The summed E-state index contributed by atoms with van der Waals surface area (Å²) in [5, 5.41) is 32.0. The van der Waals surface area contributed by atoms with Crippen LogP contribution in [0.5, 0.6) is 5.75 Å². The molecular formula is C39H40F2N4O9S. The number of β-lactam (4-membered cyclic amide) rings is 1. The number of carboxylic acids is 1. The third-order valence-corrected chi connectivity index (χ3v) is 10.7. The van der Waals surface area contributed by atoms with Crippen LogP contribution in [-0.4, -0.2) is 74.5 Å². The number of Topliss-reactive ketones (excluding diaryl/α,β-unsaturated/α-hetero) is 1. The molecule has 0 bridgehead atoms. The van der Waals surface area contributed by atoms with Gasteiger partial charge < -0.3 is 41.7 Å². The first-order chi connectivity index (χ1) is 26.2. The number of amides is 3. The molecule has 3 amide bonds. The Hall–Kier alpha value is -5.58. The molecule has 6 atom stereocenters. The monoisotopic (exact) mass is 778 g/mol. The molecule has 16 heteroatoms. The second-order valence-electron chi connectivity index (χ2n) is 13.3. The van der Waals surface area contributed by atoms with E-state index in [1.807, 2.05) is 0 Å². The number of anilines is 1. The second-order valence-corrected chi connectivity index (χ2v) is 14.4. The number of hydrogen-bond donors (Lipinski definition) is 6. The van der Waals surface area contributed by atoms with Crippen molar-refractivity contribution >= 4 is 46.9 Å². The Morgan fingerprint density at radius 1 is 1.00 bits per heavy atom. The van der Waals surface area contributed by atoms with E-state index in [1.165, 1.54) is 83.4 Å². The Kier molecular flexibility index (Phi) is 13.1. The number of benzene rings is 3. The third-order valence-electron chi connectivity index (χ3n) is 9.40. The van der Waals surface area contributed by atoms with E-state index in [-0.39, 0.29) is 48.9 Å². The van der Waals surface area contributed by atoms with Crippen molar-refractivity contribution in [1.82, 2.24) is 5.32 Å². The number of aliphatic hydroxyl groups excluding tert-OH is 2. The molecule has 290 valence electrons. The van der Waals surface area contributed by atoms with Gasteiger partial charge in [0.05, 0.1) is 23.6 Å². The number of nitrogens with two attached hydrogens (primary N) is 2. The first kappa shape index (κ1) is 40.6. The van der Waals surface area contributed by atoms with Gasteiger partial charge in [-0.25, -0.2) is 8.78 Å². The Labute approximate surface area is 319 Å². The Morgan fingerprint density at radius 2 is 1.64 bits per heavy atom. The van der Waals surface area contributed by atoms with Crippen LogP contribution in [-0.2, 0) is 24.0 Å². The molecule has 1 heterocycles. The van der Waals surface area contributed by atoms with Gasteiger partial charge in [-0.2, -0.15) is 0 Å². The minimum absolute atomic E-state index is 0.0969. The molecule has 1 aliphatic carbocycles. The number of halogens is 2. The molecule has 2 unspecified atom stereocenters. The first-order valence-corrected chi connectivity index (χ1v) is 18.3. The van der Waals surface area contributed by atoms with Crippen molar-refractivity contribution in [1.29, 1.82) is 0 Å². The molecule has 5 rings (SSSR count). The van der Waals surface area contributed by atoms with Gasteiger partial charge in [0.1, 0.15) is 34.4 Å². The maximum Gasteiger partial charge on any atom is 0.320 e. The SMILES string of the molecule is NC(=O)CC[C@H](NC(=O)COc1ccc([C@@H]2[C@@H](SCC(O)c3ccc(F)cc3)C(=O)N2c2ccc(F)cc2)cc1)C(=O)C1(C[C@@H](N)C(=O)O)C=CC(O)=CC1. The number of nitrogens with zero attached hydrogens (tertiary/aromatic N) is 1. The topological polar surface area (TPSA) is 223 Å². The summed E-state index contributed by atoms with van der Waals surface area (Å²) in [5.74, 6) is -4.34. The van der Waals surface area contributed by atoms with Gasteiger partial charge >= 0.3 is 5.97 Å². The van der Waals surface area contributed by atoms with Gasteiger partial charge in [-0.15, -0.1) is 11.8 Å². The highest BCUT2D eigenvalue weighted by molar-refractivity contribution is 8.00. The van der Waals surface area contributed by atoms with Crippen LogP contribution < -0.4 is 26.4 Å². The Morgan fingerprint density at radius 3 is 2.22 bits per heavy atom. The average Bonchev–Trinajstić information content (AvgIpc) is 3.16. The standard InChI is InChI=1S/C39H40F2N4O9S/c40-24-5-1-22(2-6-24)31(47)21-55-35-34(45(37(35)51)26-9-7-25(41)8-10-26)23-3-11-28(12-4-23)54-20-33(49)44-30(13-14-32(43)48)36(50)39(19-29(42)38(52)53)17-15-27(46)16-18-39/h1-12,15-17,29-31,34-35,46-47H,13-14,18-21,42H2,(H2,43,48)(H,44,49)(H,52,53)/t29-,30+,31?,34-,35-,39?/m1/s1. The number of primary amides is 1. The molecule has 8 N–H and O–H groups in total. The van der Waals surface area contributed by atoms with Gasteiger partial charge in [-0.05, 0) is 91.1 Å². The zero-order valence-corrected chi connectivity index (χ0v) is 30.2. The van der Waals surface area contributed by atoms with Crippen LogP contribution in [0.2, 0.25) is 0 Å². The predicted octanol–water partition coefficient (Wildman–Crippen LogP) is 3.78. The lowest BCUT2D eigenvalue weighted by molar-refractivity contribution is -0.140. The van der Waals surface area contributed by atoms with Crippen LogP contribution in [0.4, 0.5) is 14.5 Å². The van der Waals surface area contributed by atoms with Gasteiger partial charge in [0.15, 0.2) is 12.4 Å². The third kappa shape index (κ3) is 9.95. The highest BCUT2D eigenvalue weighted by atomic mass is 32.2. The van der Waals surface area contributed by atoms with Gasteiger partial charge in [0, 0.05) is 17.9 Å². The van der Waals surface area contributed by atoms with Crippen LogP contribution in [0.1, 0.15) is 49.0 Å². The summed E-state index contributed by atoms with van der Waals surface area (Å²) in [7, 11) is 0. The molecule has 1 fully saturated rings. The quantitative estimate of drug-likeness (QED) is 0.102. The van der Waals surface area contributed by atoms with E-state index in [9.17, 15) is 48.1 Å². The van der Waals surface area contributed by atoms with E-state index in [0.717, 1.165) is 0 Å². The van der Waals surface area contributed by atoms with Crippen molar-refractivity contribution < 1.29 is 52.8 Å². The summed E-state index contributed by atoms with van der Waals surface area (Å²) in [4.78, 5) is 65.2. The lowest BCUT2D eigenvalue weighted by atomic mass is 9.70.